The molecular formula is C31H32O11. The molecule has 0 aromatic heterocycles. The van der Waals surface area contributed by atoms with Crippen molar-refractivity contribution in [3.8, 4) is 45.6 Å². The van der Waals surface area contributed by atoms with Gasteiger partial charge in [-0.1, -0.05) is 6.92 Å². The van der Waals surface area contributed by atoms with Crippen LogP contribution in [0.4, 0.5) is 0 Å². The summed E-state index contributed by atoms with van der Waals surface area (Å²) in [5, 5.41) is 23.1. The van der Waals surface area contributed by atoms with Gasteiger partial charge in [-0.25, -0.2) is 4.79 Å². The summed E-state index contributed by atoms with van der Waals surface area (Å²) in [6.07, 6.45) is -1.27. The van der Waals surface area contributed by atoms with E-state index in [-0.39, 0.29) is 54.9 Å². The molecule has 3 aromatic carbocycles. The molecule has 1 saturated carbocycles. The number of ether oxygens (including phenoxy) is 8. The van der Waals surface area contributed by atoms with Gasteiger partial charge < -0.3 is 48.1 Å². The maximum Gasteiger partial charge on any atom is 0.339 e. The van der Waals surface area contributed by atoms with Crippen molar-refractivity contribution in [2.24, 2.45) is 11.8 Å². The molecule has 1 saturated heterocycles. The molecule has 0 radical (unpaired) electrons. The molecule has 1 aliphatic carbocycles. The van der Waals surface area contributed by atoms with Crippen molar-refractivity contribution >= 4 is 16.7 Å². The fourth-order valence-corrected chi connectivity index (χ4v) is 6.57. The zero-order valence-corrected chi connectivity index (χ0v) is 23.7. The van der Waals surface area contributed by atoms with Crippen LogP contribution in [0.25, 0.3) is 21.9 Å². The highest BCUT2D eigenvalue weighted by Crippen LogP contribution is 2.52. The number of phenolic OH excluding ortho intramolecular Hbond substituents is 1. The third-order valence-electron chi connectivity index (χ3n) is 8.80. The Kier molecular flexibility index (Phi) is 6.48. The highest BCUT2D eigenvalue weighted by molar-refractivity contribution is 6.14. The molecule has 3 aromatic rings. The first-order chi connectivity index (χ1) is 20.3. The molecular weight excluding hydrogens is 548 g/mol. The maximum atomic E-state index is 13.4. The highest BCUT2D eigenvalue weighted by Gasteiger charge is 2.47. The molecule has 0 amide bonds. The molecule has 11 heteroatoms. The number of methoxy groups -OCH3 is 2. The first kappa shape index (κ1) is 26.9. The van der Waals surface area contributed by atoms with Crippen molar-refractivity contribution in [3.63, 3.8) is 0 Å². The molecule has 6 atom stereocenters. The van der Waals surface area contributed by atoms with Crippen molar-refractivity contribution < 1.29 is 52.9 Å². The van der Waals surface area contributed by atoms with Gasteiger partial charge in [0.1, 0.15) is 18.5 Å². The monoisotopic (exact) mass is 580 g/mol. The van der Waals surface area contributed by atoms with E-state index in [0.29, 0.717) is 63.3 Å². The Morgan fingerprint density at radius 3 is 2.31 bits per heavy atom. The summed E-state index contributed by atoms with van der Waals surface area (Å²) >= 11 is 0. The van der Waals surface area contributed by atoms with Crippen LogP contribution in [0.3, 0.4) is 0 Å². The van der Waals surface area contributed by atoms with Crippen LogP contribution in [0.2, 0.25) is 0 Å². The third-order valence-corrected chi connectivity index (χ3v) is 8.80. The van der Waals surface area contributed by atoms with Crippen LogP contribution in [-0.2, 0) is 20.8 Å². The Labute approximate surface area is 241 Å². The summed E-state index contributed by atoms with van der Waals surface area (Å²) in [6, 6.07) is 6.95. The molecule has 0 spiro atoms. The molecule has 3 heterocycles. The molecule has 222 valence electrons. The van der Waals surface area contributed by atoms with Crippen LogP contribution < -0.4 is 23.7 Å². The number of aliphatic hydroxyl groups is 1. The summed E-state index contributed by atoms with van der Waals surface area (Å²) in [5.74, 6) is 0.950. The molecule has 0 bridgehead atoms. The van der Waals surface area contributed by atoms with Gasteiger partial charge in [-0.15, -0.1) is 0 Å². The van der Waals surface area contributed by atoms with Crippen LogP contribution in [0, 0.1) is 11.8 Å². The van der Waals surface area contributed by atoms with E-state index in [4.69, 9.17) is 37.9 Å². The summed E-state index contributed by atoms with van der Waals surface area (Å²) < 4.78 is 46.3. The van der Waals surface area contributed by atoms with Gasteiger partial charge in [0.05, 0.1) is 38.6 Å². The number of hydrogen-bond acceptors (Lipinski definition) is 11. The standard InChI is InChI=1S/C31H32O11/c1-13-20(7-16-10-37-14(2)41-29(16)27(13)32)42-30-18-9-22-21(39-12-40-22)8-17(18)25(26-19(30)11-38-31(26)34)15-5-23(35-3)28(33)24(6-15)36-4/h5-6,8-9,13-14,16,20,27,29,32-33H,7,10-12H2,1-4H3/t13-,14+,16+,20+,27+,29+/m0/s1. The maximum absolute atomic E-state index is 13.4. The first-order valence-corrected chi connectivity index (χ1v) is 14.0. The topological polar surface area (TPSA) is 131 Å². The third kappa shape index (κ3) is 4.10. The van der Waals surface area contributed by atoms with Crippen molar-refractivity contribution in [1.29, 1.82) is 0 Å². The fraction of sp³-hybridized carbons (Fsp3) is 0.452. The minimum Gasteiger partial charge on any atom is -0.502 e. The smallest absolute Gasteiger partial charge is 0.339 e. The van der Waals surface area contributed by atoms with Crippen molar-refractivity contribution in [3.05, 3.63) is 35.4 Å². The van der Waals surface area contributed by atoms with E-state index in [2.05, 4.69) is 0 Å². The Hall–Kier alpha value is -3.93. The summed E-state index contributed by atoms with van der Waals surface area (Å²) in [4.78, 5) is 13.4. The molecule has 0 unspecified atom stereocenters. The van der Waals surface area contributed by atoms with Gasteiger partial charge in [0.2, 0.25) is 12.5 Å². The predicted octanol–water partition coefficient (Wildman–Crippen LogP) is 4.15. The van der Waals surface area contributed by atoms with Crippen LogP contribution in [0.1, 0.15) is 36.2 Å². The van der Waals surface area contributed by atoms with Crippen LogP contribution in [0.5, 0.6) is 34.5 Å². The van der Waals surface area contributed by atoms with Crippen molar-refractivity contribution in [2.45, 2.75) is 51.5 Å². The van der Waals surface area contributed by atoms with Crippen molar-refractivity contribution in [2.75, 3.05) is 27.6 Å². The van der Waals surface area contributed by atoms with E-state index >= 15 is 0 Å². The average Bonchev–Trinajstić information content (AvgIpc) is 3.61. The predicted molar refractivity (Wildman–Crippen MR) is 147 cm³/mol. The van der Waals surface area contributed by atoms with E-state index in [1.807, 2.05) is 26.0 Å². The second-order valence-electron chi connectivity index (χ2n) is 11.1. The summed E-state index contributed by atoms with van der Waals surface area (Å²) in [6.45, 7) is 4.29. The number of carbonyl (C=O) groups excluding carboxylic acids is 1. The van der Waals surface area contributed by atoms with Crippen LogP contribution in [-0.4, -0.2) is 68.4 Å². The lowest BCUT2D eigenvalue weighted by Gasteiger charge is -2.46. The van der Waals surface area contributed by atoms with E-state index in [1.165, 1.54) is 14.2 Å². The van der Waals surface area contributed by atoms with Gasteiger partial charge in [0.15, 0.2) is 29.3 Å². The van der Waals surface area contributed by atoms with Gasteiger partial charge in [-0.2, -0.15) is 0 Å². The van der Waals surface area contributed by atoms with Gasteiger partial charge in [-0.3, -0.25) is 0 Å². The Balaban J connectivity index is 1.42. The quantitative estimate of drug-likeness (QED) is 0.422. The lowest BCUT2D eigenvalue weighted by molar-refractivity contribution is -0.272. The number of aliphatic hydroxyl groups excluding tert-OH is 1. The Bertz CT molecular complexity index is 1560. The van der Waals surface area contributed by atoms with Gasteiger partial charge in [0, 0.05) is 28.3 Å². The largest absolute Gasteiger partial charge is 0.502 e. The number of fused-ring (bicyclic) bond motifs is 4. The number of carbonyl (C=O) groups is 1. The number of phenols is 1. The zero-order chi connectivity index (χ0) is 29.3. The zero-order valence-electron chi connectivity index (χ0n) is 23.7. The number of aromatic hydroxyl groups is 1. The number of esters is 1. The first-order valence-electron chi connectivity index (χ1n) is 14.0. The Morgan fingerprint density at radius 1 is 0.929 bits per heavy atom. The minimum absolute atomic E-state index is 0.00663. The number of hydrogen-bond donors (Lipinski definition) is 2. The average molecular weight is 581 g/mol. The van der Waals surface area contributed by atoms with E-state index < -0.39 is 18.2 Å². The molecule has 2 N–H and O–H groups in total. The highest BCUT2D eigenvalue weighted by atomic mass is 16.7. The van der Waals surface area contributed by atoms with E-state index in [1.54, 1.807) is 12.1 Å². The fourth-order valence-electron chi connectivity index (χ4n) is 6.57. The van der Waals surface area contributed by atoms with Crippen LogP contribution >= 0.6 is 0 Å². The number of rotatable bonds is 5. The molecule has 3 aliphatic heterocycles. The molecule has 7 rings (SSSR count). The molecule has 2 fully saturated rings. The van der Waals surface area contributed by atoms with E-state index in [0.717, 1.165) is 0 Å². The number of benzene rings is 3. The molecule has 11 nitrogen and oxygen atoms in total. The van der Waals surface area contributed by atoms with Crippen LogP contribution in [0.15, 0.2) is 24.3 Å². The Morgan fingerprint density at radius 2 is 1.62 bits per heavy atom. The van der Waals surface area contributed by atoms with E-state index in [9.17, 15) is 15.0 Å². The lowest BCUT2D eigenvalue weighted by atomic mass is 9.76. The SMILES string of the molecule is COc1cc(-c2c3c(c(O[C@@H]4C[C@@H]5CO[C@@H](C)O[C@H]5[C@H](O)[C@H]4C)c4cc5c(cc24)OCO5)COC3=O)cc(OC)c1O. The second-order valence-corrected chi connectivity index (χ2v) is 11.1. The number of cyclic esters (lactones) is 1. The normalized spacial score (nSPS) is 27.8. The van der Waals surface area contributed by atoms with Gasteiger partial charge in [0.25, 0.3) is 0 Å². The van der Waals surface area contributed by atoms with Gasteiger partial charge in [-0.05, 0) is 48.6 Å². The lowest BCUT2D eigenvalue weighted by Crippen LogP contribution is -2.56. The summed E-state index contributed by atoms with van der Waals surface area (Å²) in [7, 11) is 2.88. The molecule has 4 aliphatic rings. The second kappa shape index (κ2) is 10.1. The molecule has 42 heavy (non-hydrogen) atoms. The minimum atomic E-state index is -0.755. The van der Waals surface area contributed by atoms with Crippen molar-refractivity contribution in [1.82, 2.24) is 0 Å². The summed E-state index contributed by atoms with van der Waals surface area (Å²) in [5.41, 5.74) is 2.05. The van der Waals surface area contributed by atoms with Gasteiger partial charge >= 0.3 is 5.97 Å².